The van der Waals surface area contributed by atoms with Crippen molar-refractivity contribution in [2.24, 2.45) is 0 Å². The predicted molar refractivity (Wildman–Crippen MR) is 306 cm³/mol. The van der Waals surface area contributed by atoms with Crippen LogP contribution in [0, 0.1) is 0 Å². The van der Waals surface area contributed by atoms with Crippen LogP contribution in [-0.2, 0) is 42.2 Å². The predicted octanol–water partition coefficient (Wildman–Crippen LogP) is 16.6. The van der Waals surface area contributed by atoms with Crippen molar-refractivity contribution >= 4 is 25.7 Å². The highest BCUT2D eigenvalue weighted by Gasteiger charge is 2.28. The third-order valence-electron chi connectivity index (χ3n) is 11.1. The first-order chi connectivity index (χ1) is 36.2. The minimum absolute atomic E-state index is 0.0446. The summed E-state index contributed by atoms with van der Waals surface area (Å²) in [7, 11) is -4.79. The van der Waals surface area contributed by atoms with Crippen molar-refractivity contribution in [3.63, 3.8) is 0 Å². The van der Waals surface area contributed by atoms with Crippen LogP contribution in [0.15, 0.2) is 134 Å². The van der Waals surface area contributed by atoms with Gasteiger partial charge in [0.2, 0.25) is 0 Å². The van der Waals surface area contributed by atoms with Crippen LogP contribution in [0.25, 0.3) is 0 Å². The van der Waals surface area contributed by atoms with Gasteiger partial charge >= 0.3 is 25.7 Å². The largest absolute Gasteiger partial charge is 0.472 e. The molecule has 418 valence electrons. The van der Waals surface area contributed by atoms with Crippen LogP contribution in [0.3, 0.4) is 0 Å². The van der Waals surface area contributed by atoms with Crippen molar-refractivity contribution in [3.8, 4) is 0 Å². The third kappa shape index (κ3) is 52.5. The smallest absolute Gasteiger partial charge is 0.462 e. The zero-order valence-corrected chi connectivity index (χ0v) is 46.9. The minimum atomic E-state index is -4.79. The fourth-order valence-corrected chi connectivity index (χ4v) is 7.62. The fourth-order valence-electron chi connectivity index (χ4n) is 6.84. The SMILES string of the molecule is CC/C=C\C/C=C\C/C=C\C/C=C\CCCCC(=O)OC(COC(=O)CCCCCCCC/C=C\C/C=C\C/C=C\CCCCC)COP(=O)(O)OCC(CO)OC(=O)CC/C=C\C/C=C\C/C=C\C/C=C\CC. The molecule has 0 aromatic heterocycles. The van der Waals surface area contributed by atoms with Gasteiger partial charge in [-0.3, -0.25) is 23.4 Å². The first-order valence-electron chi connectivity index (χ1n) is 28.1. The monoisotopic (exact) mass is 1050 g/mol. The van der Waals surface area contributed by atoms with E-state index >= 15 is 0 Å². The van der Waals surface area contributed by atoms with Gasteiger partial charge < -0.3 is 24.2 Å². The molecule has 0 aliphatic rings. The normalized spacial score (nSPS) is 14.4. The zero-order valence-electron chi connectivity index (χ0n) is 46.0. The topological polar surface area (TPSA) is 155 Å². The quantitative estimate of drug-likeness (QED) is 0.0197. The zero-order chi connectivity index (χ0) is 54.1. The molecule has 0 fully saturated rings. The van der Waals surface area contributed by atoms with E-state index in [4.69, 9.17) is 23.3 Å². The van der Waals surface area contributed by atoms with E-state index < -0.39 is 57.8 Å². The summed E-state index contributed by atoms with van der Waals surface area (Å²) in [6, 6.07) is 0. The molecule has 3 unspecified atom stereocenters. The number of hydrogen-bond acceptors (Lipinski definition) is 10. The molecule has 12 heteroatoms. The minimum Gasteiger partial charge on any atom is -0.462 e. The number of aliphatic hydroxyl groups excluding tert-OH is 1. The molecule has 0 aliphatic heterocycles. The Hall–Kier alpha value is -4.38. The highest BCUT2D eigenvalue weighted by atomic mass is 31.2. The lowest BCUT2D eigenvalue weighted by Crippen LogP contribution is -2.30. The lowest BCUT2D eigenvalue weighted by Gasteiger charge is -2.21. The van der Waals surface area contributed by atoms with E-state index in [0.29, 0.717) is 19.3 Å². The lowest BCUT2D eigenvalue weighted by atomic mass is 10.1. The summed E-state index contributed by atoms with van der Waals surface area (Å²) in [5, 5.41) is 9.78. The second-order valence-corrected chi connectivity index (χ2v) is 19.4. The Morgan fingerprint density at radius 1 is 0.392 bits per heavy atom. The second-order valence-electron chi connectivity index (χ2n) is 18.0. The summed E-state index contributed by atoms with van der Waals surface area (Å²) < 4.78 is 39.3. The molecular weight excluding hydrogens is 952 g/mol. The van der Waals surface area contributed by atoms with E-state index in [1.807, 2.05) is 18.2 Å². The molecule has 0 radical (unpaired) electrons. The molecule has 74 heavy (non-hydrogen) atoms. The van der Waals surface area contributed by atoms with Crippen LogP contribution >= 0.6 is 7.82 Å². The number of carbonyl (C=O) groups is 3. The second kappa shape index (κ2) is 54.9. The molecule has 0 spiro atoms. The van der Waals surface area contributed by atoms with E-state index in [9.17, 15) is 28.9 Å². The molecule has 3 atom stereocenters. The van der Waals surface area contributed by atoms with E-state index in [2.05, 4.69) is 136 Å². The molecular formula is C62H99O11P. The van der Waals surface area contributed by atoms with Gasteiger partial charge in [-0.25, -0.2) is 4.57 Å². The molecule has 0 rings (SSSR count). The Morgan fingerprint density at radius 2 is 0.730 bits per heavy atom. The first-order valence-corrected chi connectivity index (χ1v) is 29.6. The Labute approximate surface area is 449 Å². The summed E-state index contributed by atoms with van der Waals surface area (Å²) in [6.45, 7) is 4.21. The molecule has 0 aromatic rings. The summed E-state index contributed by atoms with van der Waals surface area (Å²) in [5.41, 5.74) is 0. The molecule has 2 N–H and O–H groups in total. The summed E-state index contributed by atoms with van der Waals surface area (Å²) in [6.07, 6.45) is 68.6. The van der Waals surface area contributed by atoms with Crippen LogP contribution in [0.2, 0.25) is 0 Å². The highest BCUT2D eigenvalue weighted by molar-refractivity contribution is 7.47. The Balaban J connectivity index is 4.88. The number of esters is 3. The molecule has 0 bridgehead atoms. The molecule has 0 aromatic carbocycles. The number of aliphatic hydroxyl groups is 1. The Bertz CT molecular complexity index is 1750. The van der Waals surface area contributed by atoms with Crippen LogP contribution in [0.5, 0.6) is 0 Å². The number of allylic oxidation sites excluding steroid dienone is 22. The van der Waals surface area contributed by atoms with Crippen molar-refractivity contribution in [3.05, 3.63) is 134 Å². The van der Waals surface area contributed by atoms with Crippen LogP contribution in [-0.4, -0.2) is 66.5 Å². The van der Waals surface area contributed by atoms with E-state index in [-0.39, 0.29) is 25.9 Å². The van der Waals surface area contributed by atoms with Crippen molar-refractivity contribution in [1.82, 2.24) is 0 Å². The van der Waals surface area contributed by atoms with Crippen molar-refractivity contribution in [2.45, 2.75) is 213 Å². The standard InChI is InChI=1S/C62H99O11P/c1-4-7-10-13-16-19-22-25-27-28-29-30-32-34-36-39-42-45-48-51-60(64)69-55-59(73-62(66)53-50-47-44-41-38-35-31-26-23-20-17-14-11-8-5-2)57-71-74(67,68)70-56-58(54-63)72-61(65)52-49-46-43-40-37-33-24-21-18-15-12-9-6-3/h8-9,11-12,16-21,25-27,29-31,33,37-38,41,43,46,58-59,63H,4-7,10,13-15,22-24,28,32,34-36,39-40,42,44-45,47-57H2,1-3H3,(H,67,68)/b11-8-,12-9-,19-16-,20-17-,21-18-,27-25-,30-29-,31-26-,37-33-,41-38-,46-43-. The van der Waals surface area contributed by atoms with E-state index in [0.717, 1.165) is 116 Å². The highest BCUT2D eigenvalue weighted by Crippen LogP contribution is 2.43. The molecule has 0 heterocycles. The van der Waals surface area contributed by atoms with Crippen LogP contribution in [0.4, 0.5) is 0 Å². The van der Waals surface area contributed by atoms with E-state index in [1.54, 1.807) is 0 Å². The van der Waals surface area contributed by atoms with Gasteiger partial charge in [0.15, 0.2) is 6.10 Å². The maximum atomic E-state index is 12.9. The average molecular weight is 1050 g/mol. The van der Waals surface area contributed by atoms with Crippen molar-refractivity contribution < 1.29 is 52.2 Å². The number of carbonyl (C=O) groups excluding carboxylic acids is 3. The Morgan fingerprint density at radius 3 is 1.19 bits per heavy atom. The maximum absolute atomic E-state index is 12.9. The maximum Gasteiger partial charge on any atom is 0.472 e. The number of phosphoric ester groups is 1. The molecule has 11 nitrogen and oxygen atoms in total. The van der Waals surface area contributed by atoms with Gasteiger partial charge in [-0.1, -0.05) is 193 Å². The number of ether oxygens (including phenoxy) is 3. The van der Waals surface area contributed by atoms with Gasteiger partial charge in [-0.05, 0) is 122 Å². The average Bonchev–Trinajstić information content (AvgIpc) is 3.39. The summed E-state index contributed by atoms with van der Waals surface area (Å²) in [5.74, 6) is -1.63. The van der Waals surface area contributed by atoms with E-state index in [1.165, 1.54) is 25.7 Å². The van der Waals surface area contributed by atoms with Gasteiger partial charge in [-0.15, -0.1) is 0 Å². The van der Waals surface area contributed by atoms with Crippen LogP contribution in [0.1, 0.15) is 201 Å². The van der Waals surface area contributed by atoms with Crippen molar-refractivity contribution in [1.29, 1.82) is 0 Å². The number of unbranched alkanes of at least 4 members (excludes halogenated alkanes) is 11. The van der Waals surface area contributed by atoms with Gasteiger partial charge in [0, 0.05) is 19.3 Å². The molecule has 0 saturated carbocycles. The third-order valence-corrected chi connectivity index (χ3v) is 12.0. The molecule has 0 amide bonds. The lowest BCUT2D eigenvalue weighted by molar-refractivity contribution is -0.161. The number of phosphoric acid groups is 1. The number of hydrogen-bond donors (Lipinski definition) is 2. The Kier molecular flexibility index (Phi) is 51.6. The van der Waals surface area contributed by atoms with Gasteiger partial charge in [0.05, 0.1) is 19.8 Å². The molecule has 0 saturated heterocycles. The van der Waals surface area contributed by atoms with Gasteiger partial charge in [0.25, 0.3) is 0 Å². The summed E-state index contributed by atoms with van der Waals surface area (Å²) in [4.78, 5) is 48.4. The number of rotatable bonds is 50. The first kappa shape index (κ1) is 69.6. The fraction of sp³-hybridized carbons (Fsp3) is 0.597. The van der Waals surface area contributed by atoms with Gasteiger partial charge in [-0.2, -0.15) is 0 Å². The molecule has 0 aliphatic carbocycles. The summed E-state index contributed by atoms with van der Waals surface area (Å²) >= 11 is 0. The van der Waals surface area contributed by atoms with Crippen LogP contribution < -0.4 is 0 Å². The van der Waals surface area contributed by atoms with Gasteiger partial charge in [0.1, 0.15) is 12.7 Å². The van der Waals surface area contributed by atoms with Crippen molar-refractivity contribution in [2.75, 3.05) is 26.4 Å².